The number of hydrogen-bond acceptors (Lipinski definition) is 4. The van der Waals surface area contributed by atoms with Crippen LogP contribution in [0.3, 0.4) is 0 Å². The van der Waals surface area contributed by atoms with Crippen molar-refractivity contribution >= 4 is 15.7 Å². The molecule has 1 atom stereocenters. The van der Waals surface area contributed by atoms with Gasteiger partial charge in [0.1, 0.15) is 0 Å². The van der Waals surface area contributed by atoms with Gasteiger partial charge in [-0.05, 0) is 13.8 Å². The SMILES string of the molecule is CC(C)(CN1CC(N)CC1=O)S(C)(=O)=O. The Morgan fingerprint density at radius 2 is 2.07 bits per heavy atom. The molecule has 0 aromatic carbocycles. The van der Waals surface area contributed by atoms with Crippen molar-refractivity contribution in [1.29, 1.82) is 0 Å². The van der Waals surface area contributed by atoms with Crippen LogP contribution in [0.4, 0.5) is 0 Å². The van der Waals surface area contributed by atoms with Crippen LogP contribution >= 0.6 is 0 Å². The lowest BCUT2D eigenvalue weighted by Crippen LogP contribution is -2.45. The number of likely N-dealkylation sites (tertiary alicyclic amines) is 1. The topological polar surface area (TPSA) is 80.5 Å². The van der Waals surface area contributed by atoms with E-state index in [0.29, 0.717) is 13.0 Å². The highest BCUT2D eigenvalue weighted by Gasteiger charge is 2.37. The van der Waals surface area contributed by atoms with E-state index in [1.54, 1.807) is 13.8 Å². The smallest absolute Gasteiger partial charge is 0.224 e. The average Bonchev–Trinajstić information content (AvgIpc) is 2.26. The van der Waals surface area contributed by atoms with Gasteiger partial charge in [-0.2, -0.15) is 0 Å². The first-order valence-corrected chi connectivity index (χ1v) is 6.75. The molecule has 0 bridgehead atoms. The van der Waals surface area contributed by atoms with Crippen LogP contribution in [0.15, 0.2) is 0 Å². The molecule has 1 unspecified atom stereocenters. The maximum atomic E-state index is 11.5. The molecule has 0 saturated carbocycles. The van der Waals surface area contributed by atoms with Crippen LogP contribution < -0.4 is 5.73 Å². The monoisotopic (exact) mass is 234 g/mol. The third-order valence-electron chi connectivity index (χ3n) is 2.82. The van der Waals surface area contributed by atoms with E-state index in [-0.39, 0.29) is 18.5 Å². The molecule has 1 aliphatic heterocycles. The minimum absolute atomic E-state index is 0.0563. The fourth-order valence-corrected chi connectivity index (χ4v) is 1.92. The summed E-state index contributed by atoms with van der Waals surface area (Å²) in [5.74, 6) is -0.0563. The third-order valence-corrected chi connectivity index (χ3v) is 4.96. The van der Waals surface area contributed by atoms with Crippen molar-refractivity contribution in [3.63, 3.8) is 0 Å². The van der Waals surface area contributed by atoms with Gasteiger partial charge in [-0.1, -0.05) is 0 Å². The van der Waals surface area contributed by atoms with Crippen molar-refractivity contribution in [3.05, 3.63) is 0 Å². The highest BCUT2D eigenvalue weighted by molar-refractivity contribution is 7.92. The molecular formula is C9H18N2O3S. The zero-order valence-corrected chi connectivity index (χ0v) is 10.2. The normalized spacial score (nSPS) is 23.6. The molecule has 15 heavy (non-hydrogen) atoms. The Hall–Kier alpha value is -0.620. The number of nitrogens with zero attached hydrogens (tertiary/aromatic N) is 1. The molecule has 1 saturated heterocycles. The predicted octanol–water partition coefficient (Wildman–Crippen LogP) is -0.631. The summed E-state index contributed by atoms with van der Waals surface area (Å²) in [5.41, 5.74) is 5.63. The summed E-state index contributed by atoms with van der Waals surface area (Å²) in [5, 5.41) is 0. The zero-order valence-electron chi connectivity index (χ0n) is 9.36. The Morgan fingerprint density at radius 3 is 2.40 bits per heavy atom. The van der Waals surface area contributed by atoms with E-state index in [1.807, 2.05) is 0 Å². The number of nitrogens with two attached hydrogens (primary N) is 1. The molecule has 0 aromatic heterocycles. The summed E-state index contributed by atoms with van der Waals surface area (Å²) in [6, 6.07) is -0.159. The van der Waals surface area contributed by atoms with Crippen molar-refractivity contribution in [2.24, 2.45) is 5.73 Å². The van der Waals surface area contributed by atoms with Gasteiger partial charge in [0.05, 0.1) is 4.75 Å². The average molecular weight is 234 g/mol. The maximum absolute atomic E-state index is 11.5. The Labute approximate surface area is 90.5 Å². The second-order valence-corrected chi connectivity index (χ2v) is 7.42. The number of sulfone groups is 1. The van der Waals surface area contributed by atoms with Gasteiger partial charge >= 0.3 is 0 Å². The second-order valence-electron chi connectivity index (χ2n) is 4.77. The Balaban J connectivity index is 2.75. The van der Waals surface area contributed by atoms with E-state index in [9.17, 15) is 13.2 Å². The van der Waals surface area contributed by atoms with Crippen molar-refractivity contribution in [3.8, 4) is 0 Å². The largest absolute Gasteiger partial charge is 0.340 e. The van der Waals surface area contributed by atoms with Crippen LogP contribution in [0.5, 0.6) is 0 Å². The number of rotatable bonds is 3. The standard InChI is InChI=1S/C9H18N2O3S/c1-9(2,15(3,13)14)6-11-5-7(10)4-8(11)12/h7H,4-6,10H2,1-3H3. The van der Waals surface area contributed by atoms with Crippen molar-refractivity contribution in [2.45, 2.75) is 31.1 Å². The van der Waals surface area contributed by atoms with Gasteiger partial charge in [-0.25, -0.2) is 8.42 Å². The van der Waals surface area contributed by atoms with Crippen molar-refractivity contribution in [1.82, 2.24) is 4.90 Å². The minimum Gasteiger partial charge on any atom is -0.340 e. The summed E-state index contributed by atoms with van der Waals surface area (Å²) >= 11 is 0. The molecule has 88 valence electrons. The van der Waals surface area contributed by atoms with Crippen LogP contribution in [0, 0.1) is 0 Å². The van der Waals surface area contributed by atoms with E-state index in [4.69, 9.17) is 5.73 Å². The molecule has 1 heterocycles. The van der Waals surface area contributed by atoms with Crippen molar-refractivity contribution in [2.75, 3.05) is 19.3 Å². The highest BCUT2D eigenvalue weighted by Crippen LogP contribution is 2.20. The molecule has 1 amide bonds. The zero-order chi connectivity index (χ0) is 11.9. The first-order chi connectivity index (χ1) is 6.63. The Bertz CT molecular complexity index is 362. The highest BCUT2D eigenvalue weighted by atomic mass is 32.2. The van der Waals surface area contributed by atoms with E-state index in [1.165, 1.54) is 11.2 Å². The first-order valence-electron chi connectivity index (χ1n) is 4.86. The van der Waals surface area contributed by atoms with Crippen LogP contribution in [-0.4, -0.2) is 49.4 Å². The van der Waals surface area contributed by atoms with Gasteiger partial charge in [0.15, 0.2) is 9.84 Å². The summed E-state index contributed by atoms with van der Waals surface area (Å²) in [6.07, 6.45) is 1.51. The van der Waals surface area contributed by atoms with Gasteiger partial charge < -0.3 is 10.6 Å². The molecule has 1 aliphatic rings. The molecular weight excluding hydrogens is 216 g/mol. The number of carbonyl (C=O) groups is 1. The molecule has 0 aliphatic carbocycles. The van der Waals surface area contributed by atoms with Gasteiger partial charge in [0.25, 0.3) is 0 Å². The summed E-state index contributed by atoms with van der Waals surface area (Å²) in [6.45, 7) is 3.93. The number of amides is 1. The fourth-order valence-electron chi connectivity index (χ4n) is 1.53. The number of hydrogen-bond donors (Lipinski definition) is 1. The van der Waals surface area contributed by atoms with Crippen LogP contribution in [0.25, 0.3) is 0 Å². The van der Waals surface area contributed by atoms with Gasteiger partial charge in [0, 0.05) is 31.8 Å². The van der Waals surface area contributed by atoms with Crippen LogP contribution in [0.2, 0.25) is 0 Å². The molecule has 5 nitrogen and oxygen atoms in total. The predicted molar refractivity (Wildman–Crippen MR) is 58.1 cm³/mol. The molecule has 1 rings (SSSR count). The lowest BCUT2D eigenvalue weighted by Gasteiger charge is -2.28. The minimum atomic E-state index is -3.17. The van der Waals surface area contributed by atoms with E-state index in [2.05, 4.69) is 0 Å². The Kier molecular flexibility index (Phi) is 3.11. The van der Waals surface area contributed by atoms with Crippen molar-refractivity contribution < 1.29 is 13.2 Å². The molecule has 0 radical (unpaired) electrons. The van der Waals surface area contributed by atoms with Crippen LogP contribution in [0.1, 0.15) is 20.3 Å². The lowest BCUT2D eigenvalue weighted by atomic mass is 10.2. The molecule has 0 spiro atoms. The van der Waals surface area contributed by atoms with E-state index >= 15 is 0 Å². The second kappa shape index (κ2) is 3.75. The molecule has 0 aromatic rings. The van der Waals surface area contributed by atoms with E-state index < -0.39 is 14.6 Å². The van der Waals surface area contributed by atoms with Crippen LogP contribution in [-0.2, 0) is 14.6 Å². The maximum Gasteiger partial charge on any atom is 0.224 e. The lowest BCUT2D eigenvalue weighted by molar-refractivity contribution is -0.127. The van der Waals surface area contributed by atoms with Gasteiger partial charge in [-0.3, -0.25) is 4.79 Å². The number of carbonyl (C=O) groups excluding carboxylic acids is 1. The van der Waals surface area contributed by atoms with Gasteiger partial charge in [-0.15, -0.1) is 0 Å². The molecule has 1 fully saturated rings. The third kappa shape index (κ3) is 2.69. The summed E-state index contributed by atoms with van der Waals surface area (Å²) < 4.78 is 22.0. The quantitative estimate of drug-likeness (QED) is 0.705. The first kappa shape index (κ1) is 12.4. The summed E-state index contributed by atoms with van der Waals surface area (Å²) in [7, 11) is -3.17. The van der Waals surface area contributed by atoms with Gasteiger partial charge in [0.2, 0.25) is 5.91 Å². The van der Waals surface area contributed by atoms with E-state index in [0.717, 1.165) is 0 Å². The molecule has 2 N–H and O–H groups in total. The fraction of sp³-hybridized carbons (Fsp3) is 0.889. The Morgan fingerprint density at radius 1 is 1.53 bits per heavy atom. The molecule has 6 heteroatoms. The summed E-state index contributed by atoms with van der Waals surface area (Å²) in [4.78, 5) is 13.0.